The van der Waals surface area contributed by atoms with E-state index >= 15 is 0 Å². The highest BCUT2D eigenvalue weighted by Crippen LogP contribution is 2.41. The normalized spacial score (nSPS) is 18.7. The standard InChI is InChI=1S/C38H49N5O6S/c1-5-50(45,46)25-24-43-32-15-10-9-14-31(32)39-37(43)41-19-11-18-40(22-23-41)20-16-38(30-12-7-6-8-13-30)17-21-42(28-38)36(44)29-26-33(47-2)35(49-4)34(27-29)48-3/h6-10,12-15,26-27H,5,11,16-25,28H2,1-4H3. The molecule has 0 spiro atoms. The fourth-order valence-corrected chi connectivity index (χ4v) is 8.22. The molecule has 3 heterocycles. The molecule has 50 heavy (non-hydrogen) atoms. The number of ether oxygens (including phenoxy) is 3. The van der Waals surface area contributed by atoms with Gasteiger partial charge < -0.3 is 33.5 Å². The van der Waals surface area contributed by atoms with Crippen molar-refractivity contribution in [3.63, 3.8) is 0 Å². The van der Waals surface area contributed by atoms with Crippen LogP contribution in [-0.4, -0.2) is 112 Å². The highest BCUT2D eigenvalue weighted by atomic mass is 32.2. The number of methoxy groups -OCH3 is 3. The van der Waals surface area contributed by atoms with E-state index in [1.807, 2.05) is 35.2 Å². The summed E-state index contributed by atoms with van der Waals surface area (Å²) in [6.07, 6.45) is 2.77. The summed E-state index contributed by atoms with van der Waals surface area (Å²) >= 11 is 0. The second kappa shape index (κ2) is 15.3. The molecule has 12 heteroatoms. The summed E-state index contributed by atoms with van der Waals surface area (Å²) in [5.74, 6) is 2.40. The van der Waals surface area contributed by atoms with Crippen LogP contribution in [0.5, 0.6) is 17.2 Å². The van der Waals surface area contributed by atoms with Gasteiger partial charge in [0.05, 0.1) is 38.1 Å². The molecule has 6 rings (SSSR count). The van der Waals surface area contributed by atoms with E-state index in [0.29, 0.717) is 42.4 Å². The predicted molar refractivity (Wildman–Crippen MR) is 197 cm³/mol. The van der Waals surface area contributed by atoms with Crippen LogP contribution in [0, 0.1) is 0 Å². The van der Waals surface area contributed by atoms with Crippen LogP contribution in [0.2, 0.25) is 0 Å². The number of rotatable bonds is 13. The topological polar surface area (TPSA) is 106 Å². The van der Waals surface area contributed by atoms with Crippen molar-refractivity contribution in [2.24, 2.45) is 0 Å². The quantitative estimate of drug-likeness (QED) is 0.193. The third kappa shape index (κ3) is 7.41. The average Bonchev–Trinajstić information content (AvgIpc) is 3.67. The first-order chi connectivity index (χ1) is 24.2. The smallest absolute Gasteiger partial charge is 0.254 e. The summed E-state index contributed by atoms with van der Waals surface area (Å²) in [6.45, 7) is 7.74. The van der Waals surface area contributed by atoms with Gasteiger partial charge in [0.25, 0.3) is 5.91 Å². The van der Waals surface area contributed by atoms with Crippen molar-refractivity contribution in [1.82, 2.24) is 19.4 Å². The molecule has 0 aliphatic carbocycles. The summed E-state index contributed by atoms with van der Waals surface area (Å²) in [4.78, 5) is 25.7. The Morgan fingerprint density at radius 1 is 0.860 bits per heavy atom. The van der Waals surface area contributed by atoms with Gasteiger partial charge in [-0.1, -0.05) is 49.4 Å². The molecular formula is C38H49N5O6S. The molecule has 0 saturated carbocycles. The lowest BCUT2D eigenvalue weighted by molar-refractivity contribution is 0.0780. The number of aryl methyl sites for hydroxylation is 1. The molecule has 1 amide bonds. The Hall–Kier alpha value is -4.29. The van der Waals surface area contributed by atoms with Crippen LogP contribution < -0.4 is 19.1 Å². The Morgan fingerprint density at radius 3 is 2.28 bits per heavy atom. The number of likely N-dealkylation sites (tertiary alicyclic amines) is 1. The van der Waals surface area contributed by atoms with Crippen LogP contribution in [0.15, 0.2) is 66.7 Å². The van der Waals surface area contributed by atoms with Crippen molar-refractivity contribution in [2.75, 3.05) is 83.5 Å². The number of para-hydroxylation sites is 2. The van der Waals surface area contributed by atoms with Gasteiger partial charge in [-0.2, -0.15) is 0 Å². The van der Waals surface area contributed by atoms with Crippen LogP contribution in [-0.2, 0) is 21.8 Å². The molecule has 1 aromatic heterocycles. The van der Waals surface area contributed by atoms with E-state index in [2.05, 4.69) is 38.6 Å². The van der Waals surface area contributed by atoms with E-state index in [1.165, 1.54) is 5.56 Å². The minimum absolute atomic E-state index is 0.0536. The Bertz CT molecular complexity index is 1870. The van der Waals surface area contributed by atoms with E-state index in [1.54, 1.807) is 40.4 Å². The molecule has 1 atom stereocenters. The summed E-state index contributed by atoms with van der Waals surface area (Å²) in [5, 5.41) is 0. The molecule has 2 fully saturated rings. The number of aromatic nitrogens is 2. The average molecular weight is 704 g/mol. The first-order valence-corrected chi connectivity index (χ1v) is 19.3. The maximum Gasteiger partial charge on any atom is 0.254 e. The second-order valence-corrected chi connectivity index (χ2v) is 15.7. The van der Waals surface area contributed by atoms with Gasteiger partial charge in [0.15, 0.2) is 21.3 Å². The number of nitrogens with zero attached hydrogens (tertiary/aromatic N) is 5. The van der Waals surface area contributed by atoms with E-state index in [9.17, 15) is 13.2 Å². The molecule has 1 unspecified atom stereocenters. The Labute approximate surface area is 295 Å². The summed E-state index contributed by atoms with van der Waals surface area (Å²) in [5.41, 5.74) is 3.44. The van der Waals surface area contributed by atoms with Crippen molar-refractivity contribution in [3.05, 3.63) is 77.9 Å². The summed E-state index contributed by atoms with van der Waals surface area (Å²) in [7, 11) is 1.54. The van der Waals surface area contributed by atoms with Crippen LogP contribution in [0.4, 0.5) is 5.95 Å². The zero-order valence-electron chi connectivity index (χ0n) is 29.6. The number of fused-ring (bicyclic) bond motifs is 1. The van der Waals surface area contributed by atoms with Crippen molar-refractivity contribution in [2.45, 2.75) is 38.1 Å². The van der Waals surface area contributed by atoms with E-state index < -0.39 is 9.84 Å². The fraction of sp³-hybridized carbons (Fsp3) is 0.474. The Kier molecular flexibility index (Phi) is 10.9. The van der Waals surface area contributed by atoms with Gasteiger partial charge in [0.2, 0.25) is 11.7 Å². The number of sulfone groups is 1. The number of hydrogen-bond donors (Lipinski definition) is 0. The maximum absolute atomic E-state index is 14.0. The van der Waals surface area contributed by atoms with Gasteiger partial charge in [-0.15, -0.1) is 0 Å². The van der Waals surface area contributed by atoms with Gasteiger partial charge in [-0.25, -0.2) is 13.4 Å². The van der Waals surface area contributed by atoms with Crippen LogP contribution >= 0.6 is 0 Å². The zero-order valence-corrected chi connectivity index (χ0v) is 30.5. The highest BCUT2D eigenvalue weighted by molar-refractivity contribution is 7.91. The third-order valence-electron chi connectivity index (χ3n) is 10.4. The number of hydrogen-bond acceptors (Lipinski definition) is 9. The molecule has 4 aromatic rings. The van der Waals surface area contributed by atoms with E-state index in [-0.39, 0.29) is 22.8 Å². The lowest BCUT2D eigenvalue weighted by atomic mass is 9.76. The highest BCUT2D eigenvalue weighted by Gasteiger charge is 2.42. The lowest BCUT2D eigenvalue weighted by Crippen LogP contribution is -2.39. The van der Waals surface area contributed by atoms with Crippen molar-refractivity contribution < 1.29 is 27.4 Å². The zero-order chi connectivity index (χ0) is 35.3. The molecule has 11 nitrogen and oxygen atoms in total. The first kappa shape index (κ1) is 35.5. The van der Waals surface area contributed by atoms with Gasteiger partial charge in [-0.05, 0) is 62.2 Å². The molecule has 2 aliphatic rings. The summed E-state index contributed by atoms with van der Waals surface area (Å²) in [6, 6.07) is 22.0. The van der Waals surface area contributed by atoms with Gasteiger partial charge in [0, 0.05) is 56.0 Å². The van der Waals surface area contributed by atoms with Crippen LogP contribution in [0.25, 0.3) is 11.0 Å². The third-order valence-corrected chi connectivity index (χ3v) is 12.1. The number of anilines is 1. The molecule has 2 saturated heterocycles. The number of carbonyl (C=O) groups excluding carboxylic acids is 1. The van der Waals surface area contributed by atoms with Crippen molar-refractivity contribution in [3.8, 4) is 17.2 Å². The first-order valence-electron chi connectivity index (χ1n) is 17.5. The SMILES string of the molecule is CCS(=O)(=O)CCn1c(N2CCCN(CCC3(c4ccccc4)CCN(C(=O)c4cc(OC)c(OC)c(OC)c4)C3)CC2)nc2ccccc21. The molecule has 0 N–H and O–H groups in total. The minimum Gasteiger partial charge on any atom is -0.493 e. The van der Waals surface area contributed by atoms with Crippen LogP contribution in [0.1, 0.15) is 42.1 Å². The molecule has 3 aromatic carbocycles. The van der Waals surface area contributed by atoms with E-state index in [4.69, 9.17) is 19.2 Å². The maximum atomic E-state index is 14.0. The monoisotopic (exact) mass is 703 g/mol. The largest absolute Gasteiger partial charge is 0.493 e. The molecule has 2 aliphatic heterocycles. The Morgan fingerprint density at radius 2 is 1.58 bits per heavy atom. The Balaban J connectivity index is 1.17. The molecule has 0 bridgehead atoms. The second-order valence-electron chi connectivity index (χ2n) is 13.3. The fourth-order valence-electron chi connectivity index (χ4n) is 7.47. The van der Waals surface area contributed by atoms with E-state index in [0.717, 1.165) is 69.0 Å². The number of carbonyl (C=O) groups is 1. The number of amides is 1. The molecule has 0 radical (unpaired) electrons. The van der Waals surface area contributed by atoms with Crippen LogP contribution in [0.3, 0.4) is 0 Å². The van der Waals surface area contributed by atoms with Crippen molar-refractivity contribution in [1.29, 1.82) is 0 Å². The minimum atomic E-state index is -3.12. The molecular weight excluding hydrogens is 655 g/mol. The number of imidazole rings is 1. The van der Waals surface area contributed by atoms with Gasteiger partial charge in [-0.3, -0.25) is 4.79 Å². The predicted octanol–water partition coefficient (Wildman–Crippen LogP) is 4.88. The van der Waals surface area contributed by atoms with Gasteiger partial charge in [0.1, 0.15) is 0 Å². The molecule has 268 valence electrons. The lowest BCUT2D eigenvalue weighted by Gasteiger charge is -2.33. The summed E-state index contributed by atoms with van der Waals surface area (Å²) < 4.78 is 43.5. The number of benzene rings is 3. The van der Waals surface area contributed by atoms with Crippen molar-refractivity contribution >= 4 is 32.7 Å². The van der Waals surface area contributed by atoms with Gasteiger partial charge >= 0.3 is 0 Å².